The van der Waals surface area contributed by atoms with Gasteiger partial charge in [0.25, 0.3) is 0 Å². The van der Waals surface area contributed by atoms with Crippen LogP contribution in [0.3, 0.4) is 0 Å². The van der Waals surface area contributed by atoms with Gasteiger partial charge in [0.05, 0.1) is 0 Å². The average molecular weight is 177 g/mol. The Bertz CT molecular complexity index is 256. The van der Waals surface area contributed by atoms with Gasteiger partial charge in [-0.25, -0.2) is 0 Å². The van der Waals surface area contributed by atoms with Crippen LogP contribution >= 0.6 is 0 Å². The van der Waals surface area contributed by atoms with Gasteiger partial charge in [0.15, 0.2) is 0 Å². The third kappa shape index (κ3) is 2.83. The Morgan fingerprint density at radius 3 is 2.77 bits per heavy atom. The van der Waals surface area contributed by atoms with E-state index in [0.29, 0.717) is 5.41 Å². The van der Waals surface area contributed by atoms with E-state index in [1.165, 1.54) is 18.4 Å². The molecule has 72 valence electrons. The lowest BCUT2D eigenvalue weighted by molar-refractivity contribution is 0.328. The molecule has 0 amide bonds. The molecule has 0 N–H and O–H groups in total. The summed E-state index contributed by atoms with van der Waals surface area (Å²) in [4.78, 5) is 4.21. The molecule has 0 heterocycles. The van der Waals surface area contributed by atoms with Crippen molar-refractivity contribution in [2.75, 3.05) is 0 Å². The Balaban J connectivity index is 2.71. The lowest BCUT2D eigenvalue weighted by Crippen LogP contribution is -2.16. The van der Waals surface area contributed by atoms with E-state index >= 15 is 0 Å². The predicted octanol–water partition coefficient (Wildman–Crippen LogP) is 3.73. The van der Waals surface area contributed by atoms with Crippen LogP contribution in [0.15, 0.2) is 29.4 Å². The van der Waals surface area contributed by atoms with Gasteiger partial charge in [-0.15, -0.1) is 0 Å². The number of allylic oxidation sites excluding steroid dienone is 2. The second-order valence-corrected chi connectivity index (χ2v) is 4.49. The number of rotatable bonds is 2. The molecule has 0 atom stereocenters. The number of aliphatic imine (C=N–C) groups is 1. The SMILES string of the molecule is C=CN=C(C)C1=CCC(C)(C)CC1. The Morgan fingerprint density at radius 1 is 1.62 bits per heavy atom. The summed E-state index contributed by atoms with van der Waals surface area (Å²) in [5.74, 6) is 0. The lowest BCUT2D eigenvalue weighted by Gasteiger charge is -2.28. The van der Waals surface area contributed by atoms with Gasteiger partial charge < -0.3 is 0 Å². The summed E-state index contributed by atoms with van der Waals surface area (Å²) in [5, 5.41) is 0. The summed E-state index contributed by atoms with van der Waals surface area (Å²) in [6.45, 7) is 10.3. The van der Waals surface area contributed by atoms with Crippen molar-refractivity contribution in [2.24, 2.45) is 10.4 Å². The smallest absolute Gasteiger partial charge is 0.0401 e. The normalized spacial score (nSPS) is 22.4. The predicted molar refractivity (Wildman–Crippen MR) is 59.0 cm³/mol. The van der Waals surface area contributed by atoms with E-state index in [4.69, 9.17) is 0 Å². The third-order valence-corrected chi connectivity index (χ3v) is 2.72. The van der Waals surface area contributed by atoms with Gasteiger partial charge in [-0.1, -0.05) is 26.5 Å². The van der Waals surface area contributed by atoms with Crippen LogP contribution in [0.1, 0.15) is 40.0 Å². The van der Waals surface area contributed by atoms with Crippen LogP contribution in [-0.4, -0.2) is 5.71 Å². The molecule has 0 bridgehead atoms. The van der Waals surface area contributed by atoms with E-state index < -0.39 is 0 Å². The third-order valence-electron chi connectivity index (χ3n) is 2.72. The van der Waals surface area contributed by atoms with Gasteiger partial charge in [-0.3, -0.25) is 4.99 Å². The highest BCUT2D eigenvalue weighted by Gasteiger charge is 2.21. The molecule has 0 radical (unpaired) electrons. The lowest BCUT2D eigenvalue weighted by atomic mass is 9.77. The maximum Gasteiger partial charge on any atom is 0.0401 e. The largest absolute Gasteiger partial charge is 0.262 e. The average Bonchev–Trinajstić information content (AvgIpc) is 2.04. The number of nitrogens with zero attached hydrogens (tertiary/aromatic N) is 1. The van der Waals surface area contributed by atoms with E-state index in [-0.39, 0.29) is 0 Å². The van der Waals surface area contributed by atoms with Crippen molar-refractivity contribution in [3.63, 3.8) is 0 Å². The standard InChI is InChI=1S/C12H19N/c1-5-13-10(2)11-6-8-12(3,4)9-7-11/h5-6H,1,7-9H2,2-4H3. The molecule has 1 nitrogen and oxygen atoms in total. The Hall–Kier alpha value is -0.850. The molecule has 13 heavy (non-hydrogen) atoms. The van der Waals surface area contributed by atoms with Crippen LogP contribution in [0.25, 0.3) is 0 Å². The summed E-state index contributed by atoms with van der Waals surface area (Å²) < 4.78 is 0. The first-order chi connectivity index (χ1) is 6.05. The van der Waals surface area contributed by atoms with Gasteiger partial charge >= 0.3 is 0 Å². The second kappa shape index (κ2) is 3.91. The Kier molecular flexibility index (Phi) is 3.07. The summed E-state index contributed by atoms with van der Waals surface area (Å²) in [6.07, 6.45) is 7.55. The van der Waals surface area contributed by atoms with Crippen LogP contribution in [0.2, 0.25) is 0 Å². The van der Waals surface area contributed by atoms with E-state index in [2.05, 4.69) is 38.4 Å². The van der Waals surface area contributed by atoms with Crippen LogP contribution in [0.5, 0.6) is 0 Å². The molecule has 0 fully saturated rings. The minimum absolute atomic E-state index is 0.484. The number of hydrogen-bond donors (Lipinski definition) is 0. The molecule has 0 spiro atoms. The number of hydrogen-bond acceptors (Lipinski definition) is 1. The van der Waals surface area contributed by atoms with E-state index in [9.17, 15) is 0 Å². The summed E-state index contributed by atoms with van der Waals surface area (Å²) in [5.41, 5.74) is 3.02. The van der Waals surface area contributed by atoms with Crippen molar-refractivity contribution >= 4 is 5.71 Å². The molecular weight excluding hydrogens is 158 g/mol. The molecule has 0 saturated carbocycles. The van der Waals surface area contributed by atoms with Crippen molar-refractivity contribution in [3.8, 4) is 0 Å². The van der Waals surface area contributed by atoms with Crippen LogP contribution in [0, 0.1) is 5.41 Å². The van der Waals surface area contributed by atoms with Gasteiger partial charge in [-0.05, 0) is 37.2 Å². The Morgan fingerprint density at radius 2 is 2.31 bits per heavy atom. The maximum atomic E-state index is 4.21. The molecule has 0 aromatic rings. The van der Waals surface area contributed by atoms with Gasteiger partial charge in [0.2, 0.25) is 0 Å². The molecule has 0 saturated heterocycles. The first-order valence-corrected chi connectivity index (χ1v) is 4.90. The van der Waals surface area contributed by atoms with Crippen molar-refractivity contribution in [3.05, 3.63) is 24.4 Å². The van der Waals surface area contributed by atoms with Gasteiger partial charge in [0, 0.05) is 11.9 Å². The zero-order chi connectivity index (χ0) is 9.90. The first kappa shape index (κ1) is 10.2. The molecule has 0 aliphatic heterocycles. The second-order valence-electron chi connectivity index (χ2n) is 4.49. The molecule has 1 aliphatic rings. The van der Waals surface area contributed by atoms with Crippen molar-refractivity contribution < 1.29 is 0 Å². The van der Waals surface area contributed by atoms with Crippen LogP contribution < -0.4 is 0 Å². The topological polar surface area (TPSA) is 12.4 Å². The van der Waals surface area contributed by atoms with Crippen molar-refractivity contribution in [1.29, 1.82) is 0 Å². The zero-order valence-corrected chi connectivity index (χ0v) is 8.93. The van der Waals surface area contributed by atoms with Gasteiger partial charge in [-0.2, -0.15) is 0 Å². The van der Waals surface area contributed by atoms with E-state index in [1.807, 2.05) is 0 Å². The fraction of sp³-hybridized carbons (Fsp3) is 0.583. The van der Waals surface area contributed by atoms with Crippen LogP contribution in [0.4, 0.5) is 0 Å². The van der Waals surface area contributed by atoms with Crippen molar-refractivity contribution in [1.82, 2.24) is 0 Å². The monoisotopic (exact) mass is 177 g/mol. The summed E-state index contributed by atoms with van der Waals surface area (Å²) in [7, 11) is 0. The molecule has 1 rings (SSSR count). The minimum atomic E-state index is 0.484. The highest BCUT2D eigenvalue weighted by molar-refractivity contribution is 5.98. The van der Waals surface area contributed by atoms with Crippen LogP contribution in [-0.2, 0) is 0 Å². The van der Waals surface area contributed by atoms with Crippen molar-refractivity contribution in [2.45, 2.75) is 40.0 Å². The summed E-state index contributed by atoms with van der Waals surface area (Å²) >= 11 is 0. The fourth-order valence-corrected chi connectivity index (χ4v) is 1.63. The first-order valence-electron chi connectivity index (χ1n) is 4.90. The molecule has 0 unspecified atom stereocenters. The molecule has 1 aliphatic carbocycles. The zero-order valence-electron chi connectivity index (χ0n) is 8.93. The van der Waals surface area contributed by atoms with E-state index in [1.54, 1.807) is 6.20 Å². The maximum absolute atomic E-state index is 4.21. The van der Waals surface area contributed by atoms with Gasteiger partial charge in [0.1, 0.15) is 0 Å². The molecule has 0 aromatic carbocycles. The molecule has 0 aromatic heterocycles. The fourth-order valence-electron chi connectivity index (χ4n) is 1.63. The minimum Gasteiger partial charge on any atom is -0.262 e. The summed E-state index contributed by atoms with van der Waals surface area (Å²) in [6, 6.07) is 0. The Labute approximate surface area is 81.3 Å². The molecule has 1 heteroatoms. The van der Waals surface area contributed by atoms with E-state index in [0.717, 1.165) is 12.1 Å². The molecular formula is C12H19N. The highest BCUT2D eigenvalue weighted by Crippen LogP contribution is 2.34. The highest BCUT2D eigenvalue weighted by atomic mass is 14.7. The quantitative estimate of drug-likeness (QED) is 0.570.